The molecular weight excluding hydrogens is 444 g/mol. The first-order valence-electron chi connectivity index (χ1n) is 11.1. The first-order valence-corrected chi connectivity index (χ1v) is 11.1. The lowest BCUT2D eigenvalue weighted by Crippen LogP contribution is -2.58. The van der Waals surface area contributed by atoms with E-state index in [2.05, 4.69) is 16.0 Å². The zero-order valence-corrected chi connectivity index (χ0v) is 19.6. The van der Waals surface area contributed by atoms with Crippen LogP contribution in [0.25, 0.3) is 0 Å². The highest BCUT2D eigenvalue weighted by Crippen LogP contribution is 2.10. The number of nitrogens with two attached hydrogens (primary N) is 1. The highest BCUT2D eigenvalue weighted by Gasteiger charge is 2.32. The van der Waals surface area contributed by atoms with Gasteiger partial charge in [-0.25, -0.2) is 4.79 Å². The summed E-state index contributed by atoms with van der Waals surface area (Å²) in [6.07, 6.45) is -0.170. The lowest BCUT2D eigenvalue weighted by atomic mass is 9.97. The van der Waals surface area contributed by atoms with Gasteiger partial charge in [0.2, 0.25) is 17.7 Å². The number of nitrogens with one attached hydrogen (secondary N) is 3. The molecule has 0 saturated carbocycles. The molecule has 0 heterocycles. The molecule has 0 radical (unpaired) electrons. The standard InChI is InChI=1S/C23H34N4O7/c1-4-13(2)19(27-20(30)14(3)24)22(32)25-16(10-11-18(28)29)21(31)26-17(23(33)34)12-15-8-6-5-7-9-15/h5-9,13-14,16-17,19H,4,10-12,24H2,1-3H3,(H,25,32)(H,26,31)(H,27,30)(H,28,29)(H,33,34). The summed E-state index contributed by atoms with van der Waals surface area (Å²) >= 11 is 0. The van der Waals surface area contributed by atoms with E-state index in [0.717, 1.165) is 0 Å². The molecule has 0 bridgehead atoms. The minimum atomic E-state index is -1.32. The van der Waals surface area contributed by atoms with Crippen molar-refractivity contribution in [2.75, 3.05) is 0 Å². The van der Waals surface area contributed by atoms with Gasteiger partial charge in [0.15, 0.2) is 0 Å². The third-order valence-electron chi connectivity index (χ3n) is 5.38. The summed E-state index contributed by atoms with van der Waals surface area (Å²) in [5, 5.41) is 26.0. The minimum Gasteiger partial charge on any atom is -0.481 e. The third kappa shape index (κ3) is 9.57. The molecule has 0 aromatic heterocycles. The number of hydrogen-bond acceptors (Lipinski definition) is 6. The molecule has 7 N–H and O–H groups in total. The van der Waals surface area contributed by atoms with Crippen LogP contribution in [-0.2, 0) is 30.4 Å². The number of rotatable bonds is 14. The van der Waals surface area contributed by atoms with Crippen LogP contribution < -0.4 is 21.7 Å². The van der Waals surface area contributed by atoms with Crippen LogP contribution in [0, 0.1) is 5.92 Å². The Labute approximate surface area is 198 Å². The molecule has 11 nitrogen and oxygen atoms in total. The Bertz CT molecular complexity index is 860. The van der Waals surface area contributed by atoms with Crippen LogP contribution in [0.1, 0.15) is 45.6 Å². The van der Waals surface area contributed by atoms with Crippen molar-refractivity contribution in [1.82, 2.24) is 16.0 Å². The Morgan fingerprint density at radius 2 is 1.47 bits per heavy atom. The van der Waals surface area contributed by atoms with Crippen molar-refractivity contribution in [2.45, 2.75) is 70.6 Å². The fourth-order valence-electron chi connectivity index (χ4n) is 3.11. The van der Waals surface area contributed by atoms with Gasteiger partial charge in [-0.2, -0.15) is 0 Å². The normalized spacial score (nSPS) is 15.2. The van der Waals surface area contributed by atoms with E-state index in [-0.39, 0.29) is 18.8 Å². The molecule has 0 aliphatic heterocycles. The molecule has 34 heavy (non-hydrogen) atoms. The average molecular weight is 479 g/mol. The monoisotopic (exact) mass is 478 g/mol. The van der Waals surface area contributed by atoms with E-state index in [1.54, 1.807) is 37.3 Å². The van der Waals surface area contributed by atoms with Gasteiger partial charge in [-0.15, -0.1) is 0 Å². The number of benzene rings is 1. The Morgan fingerprint density at radius 1 is 0.882 bits per heavy atom. The predicted octanol–water partition coefficient (Wildman–Crippen LogP) is 0.0262. The van der Waals surface area contributed by atoms with Gasteiger partial charge in [0.25, 0.3) is 0 Å². The molecule has 5 unspecified atom stereocenters. The summed E-state index contributed by atoms with van der Waals surface area (Å²) in [7, 11) is 0. The van der Waals surface area contributed by atoms with E-state index in [9.17, 15) is 29.1 Å². The molecule has 0 aliphatic rings. The molecule has 0 saturated heterocycles. The van der Waals surface area contributed by atoms with E-state index in [1.165, 1.54) is 6.92 Å². The topological polar surface area (TPSA) is 188 Å². The molecule has 0 spiro atoms. The second-order valence-electron chi connectivity index (χ2n) is 8.24. The molecule has 5 atom stereocenters. The van der Waals surface area contributed by atoms with Crippen LogP contribution in [-0.4, -0.2) is 64.0 Å². The van der Waals surface area contributed by atoms with Crippen LogP contribution >= 0.6 is 0 Å². The van der Waals surface area contributed by atoms with Crippen LogP contribution in [0.4, 0.5) is 0 Å². The summed E-state index contributed by atoms with van der Waals surface area (Å²) < 4.78 is 0. The number of carboxylic acid groups (broad SMARTS) is 2. The van der Waals surface area contributed by atoms with Crippen molar-refractivity contribution in [3.63, 3.8) is 0 Å². The van der Waals surface area contributed by atoms with Gasteiger partial charge in [0, 0.05) is 12.8 Å². The predicted molar refractivity (Wildman–Crippen MR) is 124 cm³/mol. The number of amides is 3. The van der Waals surface area contributed by atoms with Crippen LogP contribution in [0.3, 0.4) is 0 Å². The van der Waals surface area contributed by atoms with Crippen LogP contribution in [0.15, 0.2) is 30.3 Å². The third-order valence-corrected chi connectivity index (χ3v) is 5.38. The SMILES string of the molecule is CCC(C)C(NC(=O)C(C)N)C(=O)NC(CCC(=O)O)C(=O)NC(Cc1ccccc1)C(=O)O. The van der Waals surface area contributed by atoms with Crippen LogP contribution in [0.5, 0.6) is 0 Å². The molecule has 1 aromatic rings. The molecular formula is C23H34N4O7. The van der Waals surface area contributed by atoms with Crippen molar-refractivity contribution in [1.29, 1.82) is 0 Å². The van der Waals surface area contributed by atoms with Crippen molar-refractivity contribution in [2.24, 2.45) is 11.7 Å². The molecule has 3 amide bonds. The summed E-state index contributed by atoms with van der Waals surface area (Å²) in [6.45, 7) is 5.01. The first kappa shape index (κ1) is 28.6. The largest absolute Gasteiger partial charge is 0.481 e. The van der Waals surface area contributed by atoms with Gasteiger partial charge < -0.3 is 31.9 Å². The molecule has 1 aromatic carbocycles. The minimum absolute atomic E-state index is 0.00144. The Hall–Kier alpha value is -3.47. The van der Waals surface area contributed by atoms with Gasteiger partial charge in [-0.1, -0.05) is 50.6 Å². The molecule has 11 heteroatoms. The fraction of sp³-hybridized carbons (Fsp3) is 0.522. The molecule has 188 valence electrons. The zero-order chi connectivity index (χ0) is 25.8. The van der Waals surface area contributed by atoms with Crippen molar-refractivity contribution in [3.05, 3.63) is 35.9 Å². The first-order chi connectivity index (χ1) is 16.0. The maximum Gasteiger partial charge on any atom is 0.326 e. The second kappa shape index (κ2) is 13.9. The molecule has 1 rings (SSSR count). The van der Waals surface area contributed by atoms with E-state index in [0.29, 0.717) is 12.0 Å². The lowest BCUT2D eigenvalue weighted by Gasteiger charge is -2.27. The van der Waals surface area contributed by atoms with Crippen LogP contribution in [0.2, 0.25) is 0 Å². The van der Waals surface area contributed by atoms with E-state index >= 15 is 0 Å². The number of hydrogen-bond donors (Lipinski definition) is 6. The number of carbonyl (C=O) groups excluding carboxylic acids is 3. The number of carbonyl (C=O) groups is 5. The van der Waals surface area contributed by atoms with E-state index in [4.69, 9.17) is 10.8 Å². The quantitative estimate of drug-likeness (QED) is 0.216. The van der Waals surface area contributed by atoms with Gasteiger partial charge in [-0.3, -0.25) is 19.2 Å². The van der Waals surface area contributed by atoms with Gasteiger partial charge in [0.1, 0.15) is 18.1 Å². The maximum absolute atomic E-state index is 13.0. The smallest absolute Gasteiger partial charge is 0.326 e. The Morgan fingerprint density at radius 3 is 1.97 bits per heavy atom. The number of carboxylic acids is 2. The van der Waals surface area contributed by atoms with Crippen molar-refractivity contribution >= 4 is 29.7 Å². The van der Waals surface area contributed by atoms with Gasteiger partial charge in [0.05, 0.1) is 6.04 Å². The average Bonchev–Trinajstić information content (AvgIpc) is 2.79. The van der Waals surface area contributed by atoms with Gasteiger partial charge >= 0.3 is 11.9 Å². The molecule has 0 fully saturated rings. The van der Waals surface area contributed by atoms with Crippen molar-refractivity contribution < 1.29 is 34.2 Å². The highest BCUT2D eigenvalue weighted by molar-refractivity contribution is 5.94. The summed E-state index contributed by atoms with van der Waals surface area (Å²) in [5.74, 6) is -4.85. The fourth-order valence-corrected chi connectivity index (χ4v) is 3.11. The van der Waals surface area contributed by atoms with E-state index < -0.39 is 60.2 Å². The highest BCUT2D eigenvalue weighted by atomic mass is 16.4. The van der Waals surface area contributed by atoms with Crippen molar-refractivity contribution in [3.8, 4) is 0 Å². The Balaban J connectivity index is 3.04. The second-order valence-corrected chi connectivity index (χ2v) is 8.24. The summed E-state index contributed by atoms with van der Waals surface area (Å²) in [5.41, 5.74) is 6.25. The van der Waals surface area contributed by atoms with E-state index in [1.807, 2.05) is 6.92 Å². The Kier molecular flexibility index (Phi) is 11.7. The van der Waals surface area contributed by atoms with Gasteiger partial charge in [-0.05, 0) is 24.8 Å². The maximum atomic E-state index is 13.0. The lowest BCUT2D eigenvalue weighted by molar-refractivity contribution is -0.143. The summed E-state index contributed by atoms with van der Waals surface area (Å²) in [4.78, 5) is 60.7. The molecule has 0 aliphatic carbocycles. The summed E-state index contributed by atoms with van der Waals surface area (Å²) in [6, 6.07) is 4.18. The zero-order valence-electron chi connectivity index (χ0n) is 19.6. The number of aliphatic carboxylic acids is 2.